The second-order valence-corrected chi connectivity index (χ2v) is 9.36. The first kappa shape index (κ1) is 21.6. The molecule has 0 spiro atoms. The van der Waals surface area contributed by atoms with Crippen LogP contribution < -0.4 is 10.1 Å². The van der Waals surface area contributed by atoms with Crippen molar-refractivity contribution >= 4 is 56.8 Å². The Hall–Kier alpha value is -3.24. The molecule has 33 heavy (non-hydrogen) atoms. The highest BCUT2D eigenvalue weighted by molar-refractivity contribution is 14.1. The molecular weight excluding hydrogens is 545 g/mol. The van der Waals surface area contributed by atoms with E-state index in [-0.39, 0.29) is 6.17 Å². The highest BCUT2D eigenvalue weighted by Gasteiger charge is 2.31. The molecule has 8 heteroatoms. The predicted octanol–water partition coefficient (Wildman–Crippen LogP) is 6.30. The third kappa shape index (κ3) is 4.62. The van der Waals surface area contributed by atoms with Crippen molar-refractivity contribution in [3.8, 4) is 5.75 Å². The average Bonchev–Trinajstić information content (AvgIpc) is 3.37. The molecule has 0 saturated carbocycles. The van der Waals surface area contributed by atoms with E-state index >= 15 is 0 Å². The molecule has 0 bridgehead atoms. The predicted molar refractivity (Wildman–Crippen MR) is 143 cm³/mol. The normalized spacial score (nSPS) is 15.3. The first-order valence-electron chi connectivity index (χ1n) is 10.3. The number of thiazole rings is 1. The van der Waals surface area contributed by atoms with Crippen molar-refractivity contribution in [1.29, 1.82) is 0 Å². The van der Waals surface area contributed by atoms with Gasteiger partial charge in [0.2, 0.25) is 0 Å². The number of ether oxygens (including phenoxy) is 1. The molecule has 3 aromatic carbocycles. The van der Waals surface area contributed by atoms with Crippen LogP contribution in [0.25, 0.3) is 0 Å². The van der Waals surface area contributed by atoms with Crippen molar-refractivity contribution in [2.75, 3.05) is 12.4 Å². The van der Waals surface area contributed by atoms with E-state index in [0.29, 0.717) is 0 Å². The second-order valence-electron chi connectivity index (χ2n) is 7.22. The van der Waals surface area contributed by atoms with Gasteiger partial charge in [-0.1, -0.05) is 42.5 Å². The Labute approximate surface area is 209 Å². The molecule has 1 aliphatic heterocycles. The summed E-state index contributed by atoms with van der Waals surface area (Å²) in [7, 11) is 1.66. The van der Waals surface area contributed by atoms with Crippen LogP contribution in [0.2, 0.25) is 0 Å². The van der Waals surface area contributed by atoms with E-state index in [1.165, 1.54) is 0 Å². The zero-order valence-electron chi connectivity index (χ0n) is 17.7. The van der Waals surface area contributed by atoms with Crippen LogP contribution in [-0.2, 0) is 0 Å². The van der Waals surface area contributed by atoms with Crippen LogP contribution in [0.4, 0.5) is 10.8 Å². The number of nitrogens with zero attached hydrogens (tertiary/aromatic N) is 4. The molecule has 0 radical (unpaired) electrons. The smallest absolute Gasteiger partial charge is 0.184 e. The fourth-order valence-corrected chi connectivity index (χ4v) is 4.69. The summed E-state index contributed by atoms with van der Waals surface area (Å²) >= 11 is 3.88. The maximum atomic E-state index is 5.52. The summed E-state index contributed by atoms with van der Waals surface area (Å²) in [4.78, 5) is 9.46. The number of benzene rings is 3. The maximum absolute atomic E-state index is 5.52. The Morgan fingerprint density at radius 1 is 1.09 bits per heavy atom. The minimum absolute atomic E-state index is 0.292. The van der Waals surface area contributed by atoms with Crippen molar-refractivity contribution in [2.45, 2.75) is 6.17 Å². The molecule has 6 nitrogen and oxygen atoms in total. The monoisotopic (exact) mass is 565 g/mol. The Balaban J connectivity index is 1.66. The van der Waals surface area contributed by atoms with E-state index < -0.39 is 0 Å². The molecule has 2 heterocycles. The number of amidine groups is 1. The van der Waals surface area contributed by atoms with Crippen LogP contribution in [0.1, 0.15) is 22.9 Å². The minimum atomic E-state index is -0.292. The van der Waals surface area contributed by atoms with Crippen LogP contribution in [0.15, 0.2) is 94.5 Å². The lowest BCUT2D eigenvalue weighted by Gasteiger charge is -2.35. The highest BCUT2D eigenvalue weighted by atomic mass is 127. The number of methoxy groups -OCH3 is 1. The maximum Gasteiger partial charge on any atom is 0.184 e. The van der Waals surface area contributed by atoms with Gasteiger partial charge in [-0.3, -0.25) is 0 Å². The molecule has 1 N–H and O–H groups in total. The molecule has 5 rings (SSSR count). The van der Waals surface area contributed by atoms with E-state index in [4.69, 9.17) is 14.8 Å². The number of aromatic nitrogens is 1. The number of hydrogen-bond donors (Lipinski definition) is 1. The summed E-state index contributed by atoms with van der Waals surface area (Å²) in [6.45, 7) is 0. The Kier molecular flexibility index (Phi) is 6.36. The van der Waals surface area contributed by atoms with Gasteiger partial charge in [0.25, 0.3) is 0 Å². The number of hydrazone groups is 1. The summed E-state index contributed by atoms with van der Waals surface area (Å²) in [5.74, 6) is 1.51. The zero-order chi connectivity index (χ0) is 22.6. The van der Waals surface area contributed by atoms with Gasteiger partial charge in [-0.05, 0) is 52.9 Å². The van der Waals surface area contributed by atoms with E-state index in [1.807, 2.05) is 71.2 Å². The molecule has 0 aliphatic carbocycles. The molecule has 164 valence electrons. The molecule has 4 aromatic rings. The number of rotatable bonds is 6. The third-order valence-electron chi connectivity index (χ3n) is 5.16. The van der Waals surface area contributed by atoms with E-state index in [2.05, 4.69) is 51.1 Å². The second kappa shape index (κ2) is 9.72. The fourth-order valence-electron chi connectivity index (χ4n) is 3.62. The largest absolute Gasteiger partial charge is 0.496 e. The topological polar surface area (TPSA) is 62.1 Å². The van der Waals surface area contributed by atoms with E-state index in [1.54, 1.807) is 24.6 Å². The minimum Gasteiger partial charge on any atom is -0.496 e. The Bertz CT molecular complexity index is 1310. The molecule has 1 aromatic heterocycles. The molecule has 0 saturated heterocycles. The Morgan fingerprint density at radius 2 is 1.91 bits per heavy atom. The summed E-state index contributed by atoms with van der Waals surface area (Å²) in [6, 6.07) is 24.2. The SMILES string of the molecule is COc1ccccc1/C=N/N1C(c2ccccc2)=Nc2ccc(I)cc2C1Nc1nccs1. The standard InChI is InChI=1S/C25H20IN5OS/c1-32-22-10-6-5-9-18(22)16-28-31-23(17-7-3-2-4-8-17)29-21-12-11-19(26)15-20(21)24(31)30-25-27-13-14-33-25/h2-16,24H,1H3,(H,27,30)/b28-16+. The molecule has 1 unspecified atom stereocenters. The van der Waals surface area contributed by atoms with Crippen LogP contribution >= 0.6 is 33.9 Å². The van der Waals surface area contributed by atoms with Crippen molar-refractivity contribution in [2.24, 2.45) is 10.1 Å². The van der Waals surface area contributed by atoms with Crippen molar-refractivity contribution in [1.82, 2.24) is 9.99 Å². The number of aliphatic imine (C=N–C) groups is 1. The van der Waals surface area contributed by atoms with Crippen LogP contribution in [-0.4, -0.2) is 29.2 Å². The molecule has 1 aliphatic rings. The lowest BCUT2D eigenvalue weighted by molar-refractivity contribution is 0.360. The average molecular weight is 565 g/mol. The number of para-hydroxylation sites is 1. The summed E-state index contributed by atoms with van der Waals surface area (Å²) in [5, 5.41) is 13.2. The van der Waals surface area contributed by atoms with Gasteiger partial charge in [0, 0.05) is 31.8 Å². The number of anilines is 1. The van der Waals surface area contributed by atoms with Crippen LogP contribution in [0.3, 0.4) is 0 Å². The molecule has 0 fully saturated rings. The first-order valence-corrected chi connectivity index (χ1v) is 12.2. The molecular formula is C25H20IN5OS. The van der Waals surface area contributed by atoms with Gasteiger partial charge >= 0.3 is 0 Å². The third-order valence-corrected chi connectivity index (χ3v) is 6.53. The van der Waals surface area contributed by atoms with Crippen molar-refractivity contribution < 1.29 is 4.74 Å². The van der Waals surface area contributed by atoms with E-state index in [9.17, 15) is 0 Å². The van der Waals surface area contributed by atoms with Gasteiger partial charge < -0.3 is 10.1 Å². The van der Waals surface area contributed by atoms with Gasteiger partial charge in [-0.25, -0.2) is 15.0 Å². The quantitative estimate of drug-likeness (QED) is 0.220. The van der Waals surface area contributed by atoms with Crippen LogP contribution in [0.5, 0.6) is 5.75 Å². The van der Waals surface area contributed by atoms with Crippen LogP contribution in [0, 0.1) is 3.57 Å². The fraction of sp³-hybridized carbons (Fsp3) is 0.0800. The Morgan fingerprint density at radius 3 is 2.70 bits per heavy atom. The first-order chi connectivity index (χ1) is 16.2. The van der Waals surface area contributed by atoms with Gasteiger partial charge in [0.15, 0.2) is 17.1 Å². The summed E-state index contributed by atoms with van der Waals surface area (Å²) < 4.78 is 6.64. The lowest BCUT2D eigenvalue weighted by Crippen LogP contribution is -2.38. The number of nitrogens with one attached hydrogen (secondary N) is 1. The van der Waals surface area contributed by atoms with Gasteiger partial charge in [0.05, 0.1) is 19.0 Å². The van der Waals surface area contributed by atoms with Crippen molar-refractivity contribution in [3.05, 3.63) is 105 Å². The van der Waals surface area contributed by atoms with E-state index in [0.717, 1.165) is 42.7 Å². The van der Waals surface area contributed by atoms with Crippen molar-refractivity contribution in [3.63, 3.8) is 0 Å². The number of hydrogen-bond acceptors (Lipinski definition) is 7. The molecule has 1 atom stereocenters. The number of fused-ring (bicyclic) bond motifs is 1. The zero-order valence-corrected chi connectivity index (χ0v) is 20.7. The summed E-state index contributed by atoms with van der Waals surface area (Å²) in [5.41, 5.74) is 3.81. The lowest BCUT2D eigenvalue weighted by atomic mass is 10.1. The number of halogens is 1. The van der Waals surface area contributed by atoms with Gasteiger partial charge in [-0.15, -0.1) is 11.3 Å². The van der Waals surface area contributed by atoms with Gasteiger partial charge in [-0.2, -0.15) is 5.10 Å². The van der Waals surface area contributed by atoms with Gasteiger partial charge in [0.1, 0.15) is 5.75 Å². The highest BCUT2D eigenvalue weighted by Crippen LogP contribution is 2.38. The molecule has 0 amide bonds. The summed E-state index contributed by atoms with van der Waals surface area (Å²) in [6.07, 6.45) is 3.31.